The SMILES string of the molecule is O.O=C(COc1ccccc1)NC(=S)Nc1cc(-c2nc3ccccc3o2)ccc1Cl. The van der Waals surface area contributed by atoms with E-state index < -0.39 is 0 Å². The molecule has 0 radical (unpaired) electrons. The number of anilines is 1. The van der Waals surface area contributed by atoms with E-state index in [2.05, 4.69) is 15.6 Å². The van der Waals surface area contributed by atoms with Gasteiger partial charge < -0.3 is 19.9 Å². The highest BCUT2D eigenvalue weighted by Crippen LogP contribution is 2.30. The lowest BCUT2D eigenvalue weighted by Gasteiger charge is -2.12. The summed E-state index contributed by atoms with van der Waals surface area (Å²) in [6.07, 6.45) is 0. The van der Waals surface area contributed by atoms with Crippen molar-refractivity contribution in [2.24, 2.45) is 0 Å². The fourth-order valence-corrected chi connectivity index (χ4v) is 3.12. The Balaban J connectivity index is 0.00000272. The van der Waals surface area contributed by atoms with Gasteiger partial charge in [0.05, 0.1) is 10.7 Å². The van der Waals surface area contributed by atoms with Gasteiger partial charge in [-0.15, -0.1) is 0 Å². The molecule has 0 aliphatic rings. The molecule has 7 nitrogen and oxygen atoms in total. The summed E-state index contributed by atoms with van der Waals surface area (Å²) in [6.45, 7) is -0.164. The number of thiocarbonyl (C=S) groups is 1. The van der Waals surface area contributed by atoms with Crippen LogP contribution < -0.4 is 15.4 Å². The van der Waals surface area contributed by atoms with Crippen LogP contribution in [-0.4, -0.2) is 28.1 Å². The van der Waals surface area contributed by atoms with Crippen LogP contribution in [0.25, 0.3) is 22.6 Å². The molecule has 9 heteroatoms. The van der Waals surface area contributed by atoms with E-state index in [4.69, 9.17) is 33.0 Å². The van der Waals surface area contributed by atoms with Gasteiger partial charge in [-0.25, -0.2) is 4.98 Å². The number of carbonyl (C=O) groups is 1. The van der Waals surface area contributed by atoms with Crippen LogP contribution in [-0.2, 0) is 4.79 Å². The second-order valence-electron chi connectivity index (χ2n) is 6.29. The number of benzene rings is 3. The van der Waals surface area contributed by atoms with Crippen LogP contribution in [0, 0.1) is 0 Å². The molecule has 1 heterocycles. The number of aromatic nitrogens is 1. The normalized spacial score (nSPS) is 10.2. The fraction of sp³-hybridized carbons (Fsp3) is 0.0455. The predicted octanol–water partition coefficient (Wildman–Crippen LogP) is 4.22. The minimum absolute atomic E-state index is 0. The van der Waals surface area contributed by atoms with Crippen molar-refractivity contribution < 1.29 is 19.4 Å². The molecule has 0 unspecified atom stereocenters. The molecule has 4 N–H and O–H groups in total. The molecule has 0 aliphatic carbocycles. The Bertz CT molecular complexity index is 1180. The molecular formula is C22H18ClN3O4S. The average molecular weight is 456 g/mol. The Morgan fingerprint density at radius 2 is 1.81 bits per heavy atom. The number of carbonyl (C=O) groups excluding carboxylic acids is 1. The minimum Gasteiger partial charge on any atom is -0.484 e. The fourth-order valence-electron chi connectivity index (χ4n) is 2.73. The first kappa shape index (κ1) is 22.2. The van der Waals surface area contributed by atoms with Crippen molar-refractivity contribution in [3.8, 4) is 17.2 Å². The van der Waals surface area contributed by atoms with Crippen molar-refractivity contribution >= 4 is 51.6 Å². The van der Waals surface area contributed by atoms with Crippen molar-refractivity contribution in [1.29, 1.82) is 0 Å². The molecule has 0 spiro atoms. The number of rotatable bonds is 5. The van der Waals surface area contributed by atoms with Crippen LogP contribution in [0.3, 0.4) is 0 Å². The maximum atomic E-state index is 12.1. The summed E-state index contributed by atoms with van der Waals surface area (Å²) in [6, 6.07) is 21.8. The molecule has 4 rings (SSSR count). The van der Waals surface area contributed by atoms with E-state index in [1.54, 1.807) is 30.3 Å². The van der Waals surface area contributed by atoms with Gasteiger partial charge in [0.15, 0.2) is 17.3 Å². The minimum atomic E-state index is -0.386. The Kier molecular flexibility index (Phi) is 7.19. The van der Waals surface area contributed by atoms with Crippen molar-refractivity contribution in [3.05, 3.63) is 77.8 Å². The van der Waals surface area contributed by atoms with Gasteiger partial charge >= 0.3 is 0 Å². The van der Waals surface area contributed by atoms with Crippen LogP contribution in [0.15, 0.2) is 77.2 Å². The number of fused-ring (bicyclic) bond motifs is 1. The molecule has 158 valence electrons. The molecule has 0 atom stereocenters. The highest BCUT2D eigenvalue weighted by molar-refractivity contribution is 7.80. The number of hydrogen-bond donors (Lipinski definition) is 2. The highest BCUT2D eigenvalue weighted by Gasteiger charge is 2.12. The number of ether oxygens (including phenoxy) is 1. The lowest BCUT2D eigenvalue weighted by Crippen LogP contribution is -2.37. The first-order chi connectivity index (χ1) is 14.6. The first-order valence-corrected chi connectivity index (χ1v) is 9.81. The second kappa shape index (κ2) is 10.0. The van der Waals surface area contributed by atoms with Gasteiger partial charge in [-0.2, -0.15) is 0 Å². The van der Waals surface area contributed by atoms with Crippen molar-refractivity contribution in [2.75, 3.05) is 11.9 Å². The molecule has 0 saturated carbocycles. The number of nitrogens with zero attached hydrogens (tertiary/aromatic N) is 1. The number of para-hydroxylation sites is 3. The molecule has 0 aliphatic heterocycles. The lowest BCUT2D eigenvalue weighted by atomic mass is 10.2. The van der Waals surface area contributed by atoms with Crippen molar-refractivity contribution in [1.82, 2.24) is 10.3 Å². The standard InChI is InChI=1S/C22H16ClN3O3S.H2O/c23-16-11-10-14(21-24-17-8-4-5-9-19(17)29-21)12-18(16)25-22(30)26-20(27)13-28-15-6-2-1-3-7-15;/h1-12H,13H2,(H2,25,26,27,30);1H2. The van der Waals surface area contributed by atoms with Gasteiger partial charge in [-0.3, -0.25) is 10.1 Å². The van der Waals surface area contributed by atoms with Gasteiger partial charge in [0, 0.05) is 5.56 Å². The maximum absolute atomic E-state index is 12.1. The van der Waals surface area contributed by atoms with Gasteiger partial charge in [-0.05, 0) is 54.7 Å². The quantitative estimate of drug-likeness (QED) is 0.436. The van der Waals surface area contributed by atoms with Crippen LogP contribution in [0.1, 0.15) is 0 Å². The Labute approximate surface area is 188 Å². The highest BCUT2D eigenvalue weighted by atomic mass is 35.5. The van der Waals surface area contributed by atoms with E-state index >= 15 is 0 Å². The largest absolute Gasteiger partial charge is 0.484 e. The zero-order valence-corrected chi connectivity index (χ0v) is 17.7. The molecule has 0 bridgehead atoms. The Hall–Kier alpha value is -3.46. The van der Waals surface area contributed by atoms with Crippen LogP contribution in [0.4, 0.5) is 5.69 Å². The van der Waals surface area contributed by atoms with Crippen LogP contribution >= 0.6 is 23.8 Å². The van der Waals surface area contributed by atoms with E-state index in [0.717, 1.165) is 11.1 Å². The molecule has 0 saturated heterocycles. The Morgan fingerprint density at radius 3 is 2.58 bits per heavy atom. The van der Waals surface area contributed by atoms with Gasteiger partial charge in [0.1, 0.15) is 11.3 Å². The van der Waals surface area contributed by atoms with E-state index in [-0.39, 0.29) is 23.1 Å². The van der Waals surface area contributed by atoms with Crippen LogP contribution in [0.5, 0.6) is 5.75 Å². The summed E-state index contributed by atoms with van der Waals surface area (Å²) in [5, 5.41) is 6.03. The molecule has 31 heavy (non-hydrogen) atoms. The monoisotopic (exact) mass is 455 g/mol. The molecule has 0 fully saturated rings. The van der Waals surface area contributed by atoms with Crippen LogP contribution in [0.2, 0.25) is 5.02 Å². The lowest BCUT2D eigenvalue weighted by molar-refractivity contribution is -0.121. The summed E-state index contributed by atoms with van der Waals surface area (Å²) in [5.74, 6) is 0.672. The zero-order chi connectivity index (χ0) is 20.9. The smallest absolute Gasteiger partial charge is 0.264 e. The molecule has 3 aromatic carbocycles. The summed E-state index contributed by atoms with van der Waals surface area (Å²) in [5.41, 5.74) is 2.70. The molecular weight excluding hydrogens is 438 g/mol. The van der Waals surface area contributed by atoms with Gasteiger partial charge in [0.25, 0.3) is 5.91 Å². The number of halogens is 1. The molecule has 1 amide bonds. The number of nitrogens with one attached hydrogen (secondary N) is 2. The number of amides is 1. The summed E-state index contributed by atoms with van der Waals surface area (Å²) in [4.78, 5) is 16.5. The van der Waals surface area contributed by atoms with Gasteiger partial charge in [-0.1, -0.05) is 41.9 Å². The van der Waals surface area contributed by atoms with E-state index in [1.165, 1.54) is 0 Å². The Morgan fingerprint density at radius 1 is 1.06 bits per heavy atom. The molecule has 4 aromatic rings. The number of hydrogen-bond acceptors (Lipinski definition) is 5. The summed E-state index contributed by atoms with van der Waals surface area (Å²) in [7, 11) is 0. The van der Waals surface area contributed by atoms with Crippen molar-refractivity contribution in [3.63, 3.8) is 0 Å². The summed E-state index contributed by atoms with van der Waals surface area (Å²) < 4.78 is 11.2. The third-order valence-corrected chi connectivity index (χ3v) is 4.66. The second-order valence-corrected chi connectivity index (χ2v) is 7.10. The third-order valence-electron chi connectivity index (χ3n) is 4.12. The van der Waals surface area contributed by atoms with Gasteiger partial charge in [0.2, 0.25) is 5.89 Å². The zero-order valence-electron chi connectivity index (χ0n) is 16.1. The van der Waals surface area contributed by atoms with E-state index in [1.807, 2.05) is 42.5 Å². The summed E-state index contributed by atoms with van der Waals surface area (Å²) >= 11 is 11.5. The van der Waals surface area contributed by atoms with E-state index in [9.17, 15) is 4.79 Å². The first-order valence-electron chi connectivity index (χ1n) is 9.03. The predicted molar refractivity (Wildman–Crippen MR) is 124 cm³/mol. The average Bonchev–Trinajstić information content (AvgIpc) is 3.19. The van der Waals surface area contributed by atoms with E-state index in [0.29, 0.717) is 27.9 Å². The van der Waals surface area contributed by atoms with Crippen molar-refractivity contribution in [2.45, 2.75) is 0 Å². The molecule has 1 aromatic heterocycles. The third kappa shape index (κ3) is 5.58. The maximum Gasteiger partial charge on any atom is 0.264 e. The number of oxazole rings is 1. The topological polar surface area (TPSA) is 108 Å².